The molecule has 2 nitrogen and oxygen atoms in total. The Balaban J connectivity index is 1.98. The summed E-state index contributed by atoms with van der Waals surface area (Å²) < 4.78 is 0. The fourth-order valence-corrected chi connectivity index (χ4v) is 2.77. The lowest BCUT2D eigenvalue weighted by Crippen LogP contribution is -2.28. The molecule has 0 radical (unpaired) electrons. The summed E-state index contributed by atoms with van der Waals surface area (Å²) in [5.41, 5.74) is 2.47. The number of carbonyl (C=O) groups is 1. The van der Waals surface area contributed by atoms with E-state index in [1.807, 2.05) is 12.1 Å². The highest BCUT2D eigenvalue weighted by Gasteiger charge is 2.14. The van der Waals surface area contributed by atoms with Gasteiger partial charge in [-0.15, -0.1) is 0 Å². The van der Waals surface area contributed by atoms with E-state index in [-0.39, 0.29) is 11.8 Å². The van der Waals surface area contributed by atoms with Gasteiger partial charge in [0.05, 0.1) is 0 Å². The van der Waals surface area contributed by atoms with Gasteiger partial charge in [0.15, 0.2) is 0 Å². The van der Waals surface area contributed by atoms with Crippen LogP contribution in [0.25, 0.3) is 0 Å². The van der Waals surface area contributed by atoms with Crippen LogP contribution in [0, 0.1) is 5.92 Å². The summed E-state index contributed by atoms with van der Waals surface area (Å²) >= 11 is 0. The lowest BCUT2D eigenvalue weighted by atomic mass is 9.91. The van der Waals surface area contributed by atoms with E-state index in [9.17, 15) is 4.79 Å². The first kappa shape index (κ1) is 17.3. The summed E-state index contributed by atoms with van der Waals surface area (Å²) in [4.78, 5) is 12.1. The molecule has 1 N–H and O–H groups in total. The van der Waals surface area contributed by atoms with Crippen molar-refractivity contribution in [2.75, 3.05) is 6.54 Å². The van der Waals surface area contributed by atoms with Crippen LogP contribution in [0.4, 0.5) is 0 Å². The second-order valence-electron chi connectivity index (χ2n) is 6.46. The molecule has 0 bridgehead atoms. The van der Waals surface area contributed by atoms with Crippen LogP contribution in [0.5, 0.6) is 0 Å². The van der Waals surface area contributed by atoms with Crippen LogP contribution in [0.2, 0.25) is 0 Å². The molecule has 0 heterocycles. The van der Waals surface area contributed by atoms with E-state index >= 15 is 0 Å². The summed E-state index contributed by atoms with van der Waals surface area (Å²) in [7, 11) is 0. The standard InChI is InChI=1S/C21H27NO/c1-17(2)10-9-15-21(23)22-16-20(18-11-5-3-6-12-18)19-13-7-4-8-14-19/h3-8,11-14,17,20H,9-10,15-16H2,1-2H3,(H,22,23). The van der Waals surface area contributed by atoms with Crippen LogP contribution in [-0.2, 0) is 4.79 Å². The summed E-state index contributed by atoms with van der Waals surface area (Å²) in [5.74, 6) is 1.01. The Labute approximate surface area is 139 Å². The van der Waals surface area contributed by atoms with E-state index in [1.165, 1.54) is 11.1 Å². The van der Waals surface area contributed by atoms with E-state index in [0.717, 1.165) is 12.8 Å². The van der Waals surface area contributed by atoms with Crippen molar-refractivity contribution in [3.8, 4) is 0 Å². The molecule has 2 aromatic rings. The van der Waals surface area contributed by atoms with Crippen LogP contribution in [0.15, 0.2) is 60.7 Å². The van der Waals surface area contributed by atoms with Crippen LogP contribution in [-0.4, -0.2) is 12.5 Å². The average Bonchev–Trinajstić information content (AvgIpc) is 2.57. The molecule has 0 unspecified atom stereocenters. The first-order valence-corrected chi connectivity index (χ1v) is 8.53. The molecule has 0 saturated carbocycles. The molecule has 2 aromatic carbocycles. The Bertz CT molecular complexity index is 538. The van der Waals surface area contributed by atoms with Crippen LogP contribution < -0.4 is 5.32 Å². The van der Waals surface area contributed by atoms with Gasteiger partial charge in [0.1, 0.15) is 0 Å². The summed E-state index contributed by atoms with van der Waals surface area (Å²) in [6.07, 6.45) is 2.69. The molecular formula is C21H27NO. The maximum Gasteiger partial charge on any atom is 0.220 e. The number of carbonyl (C=O) groups excluding carboxylic acids is 1. The van der Waals surface area contributed by atoms with Gasteiger partial charge in [0.25, 0.3) is 0 Å². The molecule has 2 heteroatoms. The van der Waals surface area contributed by atoms with E-state index in [4.69, 9.17) is 0 Å². The predicted octanol–water partition coefficient (Wildman–Crippen LogP) is 4.76. The molecule has 0 saturated heterocycles. The molecule has 0 atom stereocenters. The van der Waals surface area contributed by atoms with Gasteiger partial charge in [0.2, 0.25) is 5.91 Å². The van der Waals surface area contributed by atoms with Crippen molar-refractivity contribution < 1.29 is 4.79 Å². The largest absolute Gasteiger partial charge is 0.355 e. The van der Waals surface area contributed by atoms with Crippen LogP contribution in [0.1, 0.15) is 50.2 Å². The predicted molar refractivity (Wildman–Crippen MR) is 96.4 cm³/mol. The molecule has 0 aliphatic carbocycles. The highest BCUT2D eigenvalue weighted by atomic mass is 16.1. The Morgan fingerprint density at radius 2 is 1.43 bits per heavy atom. The number of hydrogen-bond acceptors (Lipinski definition) is 1. The summed E-state index contributed by atoms with van der Waals surface area (Å²) in [5, 5.41) is 3.11. The van der Waals surface area contributed by atoms with Gasteiger partial charge in [-0.3, -0.25) is 4.79 Å². The smallest absolute Gasteiger partial charge is 0.220 e. The van der Waals surface area contributed by atoms with Crippen LogP contribution in [0.3, 0.4) is 0 Å². The highest BCUT2D eigenvalue weighted by Crippen LogP contribution is 2.23. The van der Waals surface area contributed by atoms with E-state index < -0.39 is 0 Å². The Morgan fingerprint density at radius 1 is 0.913 bits per heavy atom. The monoisotopic (exact) mass is 309 g/mol. The zero-order valence-electron chi connectivity index (χ0n) is 14.2. The quantitative estimate of drug-likeness (QED) is 0.748. The van der Waals surface area contributed by atoms with Gasteiger partial charge < -0.3 is 5.32 Å². The molecule has 1 amide bonds. The van der Waals surface area contributed by atoms with Gasteiger partial charge in [-0.05, 0) is 23.5 Å². The van der Waals surface area contributed by atoms with E-state index in [0.29, 0.717) is 18.9 Å². The van der Waals surface area contributed by atoms with Crippen molar-refractivity contribution in [3.05, 3.63) is 71.8 Å². The minimum absolute atomic E-state index is 0.155. The molecule has 0 aliphatic heterocycles. The van der Waals surface area contributed by atoms with Crippen molar-refractivity contribution >= 4 is 5.91 Å². The van der Waals surface area contributed by atoms with E-state index in [1.54, 1.807) is 0 Å². The van der Waals surface area contributed by atoms with Crippen molar-refractivity contribution in [1.82, 2.24) is 5.32 Å². The Morgan fingerprint density at radius 3 is 1.91 bits per heavy atom. The fraction of sp³-hybridized carbons (Fsp3) is 0.381. The normalized spacial score (nSPS) is 11.0. The Hall–Kier alpha value is -2.09. The third kappa shape index (κ3) is 5.90. The second kappa shape index (κ2) is 9.14. The van der Waals surface area contributed by atoms with Crippen molar-refractivity contribution in [1.29, 1.82) is 0 Å². The average molecular weight is 309 g/mol. The third-order valence-electron chi connectivity index (χ3n) is 4.09. The molecule has 0 spiro atoms. The first-order valence-electron chi connectivity index (χ1n) is 8.53. The van der Waals surface area contributed by atoms with Gasteiger partial charge >= 0.3 is 0 Å². The number of benzene rings is 2. The summed E-state index contributed by atoms with van der Waals surface area (Å²) in [6, 6.07) is 20.8. The highest BCUT2D eigenvalue weighted by molar-refractivity contribution is 5.75. The van der Waals surface area contributed by atoms with Gasteiger partial charge in [-0.25, -0.2) is 0 Å². The minimum atomic E-state index is 0.155. The van der Waals surface area contributed by atoms with Crippen molar-refractivity contribution in [2.45, 2.75) is 39.0 Å². The number of rotatable bonds is 8. The number of nitrogens with one attached hydrogen (secondary N) is 1. The molecule has 0 aromatic heterocycles. The summed E-state index contributed by atoms with van der Waals surface area (Å²) in [6.45, 7) is 5.03. The minimum Gasteiger partial charge on any atom is -0.355 e. The maximum absolute atomic E-state index is 12.1. The third-order valence-corrected chi connectivity index (χ3v) is 4.09. The fourth-order valence-electron chi connectivity index (χ4n) is 2.77. The SMILES string of the molecule is CC(C)CCCC(=O)NCC(c1ccccc1)c1ccccc1. The number of hydrogen-bond donors (Lipinski definition) is 1. The first-order chi connectivity index (χ1) is 11.2. The number of amides is 1. The lowest BCUT2D eigenvalue weighted by molar-refractivity contribution is -0.121. The van der Waals surface area contributed by atoms with Crippen molar-refractivity contribution in [2.24, 2.45) is 5.92 Å². The molecule has 23 heavy (non-hydrogen) atoms. The van der Waals surface area contributed by atoms with Crippen molar-refractivity contribution in [3.63, 3.8) is 0 Å². The zero-order valence-corrected chi connectivity index (χ0v) is 14.2. The van der Waals surface area contributed by atoms with Crippen LogP contribution >= 0.6 is 0 Å². The lowest BCUT2D eigenvalue weighted by Gasteiger charge is -2.19. The van der Waals surface area contributed by atoms with E-state index in [2.05, 4.69) is 67.7 Å². The molecular weight excluding hydrogens is 282 g/mol. The topological polar surface area (TPSA) is 29.1 Å². The Kier molecular flexibility index (Phi) is 6.86. The zero-order chi connectivity index (χ0) is 16.5. The van der Waals surface area contributed by atoms with Gasteiger partial charge in [-0.2, -0.15) is 0 Å². The van der Waals surface area contributed by atoms with Gasteiger partial charge in [-0.1, -0.05) is 80.9 Å². The second-order valence-corrected chi connectivity index (χ2v) is 6.46. The molecule has 2 rings (SSSR count). The molecule has 122 valence electrons. The maximum atomic E-state index is 12.1. The van der Waals surface area contributed by atoms with Gasteiger partial charge in [0, 0.05) is 18.9 Å². The molecule has 0 aliphatic rings. The molecule has 0 fully saturated rings.